The number of ether oxygens (including phenoxy) is 1. The number of fused-ring (bicyclic) bond motifs is 1. The van der Waals surface area contributed by atoms with Gasteiger partial charge in [0, 0.05) is 11.8 Å². The Kier molecular flexibility index (Phi) is 4.25. The Hall–Kier alpha value is -3.01. The molecule has 2 heterocycles. The van der Waals surface area contributed by atoms with Gasteiger partial charge in [-0.05, 0) is 47.4 Å². The van der Waals surface area contributed by atoms with Gasteiger partial charge in [-0.3, -0.25) is 4.79 Å². The van der Waals surface area contributed by atoms with E-state index in [9.17, 15) is 9.18 Å². The molecule has 1 atom stereocenters. The lowest BCUT2D eigenvalue weighted by Gasteiger charge is -2.27. The number of carbonyl (C=O) groups excluding carboxylic acids is 1. The van der Waals surface area contributed by atoms with Gasteiger partial charge in [0.15, 0.2) is 5.78 Å². The maximum absolute atomic E-state index is 14.2. The van der Waals surface area contributed by atoms with Gasteiger partial charge in [0.25, 0.3) is 0 Å². The molecule has 4 heteroatoms. The fraction of sp³-hybridized carbons (Fsp3) is 0.182. The number of benzene rings is 2. The van der Waals surface area contributed by atoms with Gasteiger partial charge in [-0.2, -0.15) is 4.39 Å². The molecule has 0 fully saturated rings. The van der Waals surface area contributed by atoms with Crippen molar-refractivity contribution in [2.75, 3.05) is 0 Å². The first-order chi connectivity index (χ1) is 12.7. The molecule has 1 aromatic heterocycles. The first-order valence-corrected chi connectivity index (χ1v) is 8.70. The standard InChI is InChI=1S/C22H18FNO2/c1-2-14-11-21-18(12-17(14)16-9-6-10-24-22(16)23)19(25)13-20(26-21)15-7-4-3-5-8-15/h3-12,20H,2,13H2,1H3. The second kappa shape index (κ2) is 6.71. The van der Waals surface area contributed by atoms with E-state index in [-0.39, 0.29) is 18.3 Å². The SMILES string of the molecule is CCc1cc2c(cc1-c1cccnc1F)C(=O)CC(c1ccccc1)O2. The van der Waals surface area contributed by atoms with Crippen molar-refractivity contribution < 1.29 is 13.9 Å². The highest BCUT2D eigenvalue weighted by Gasteiger charge is 2.29. The van der Waals surface area contributed by atoms with Crippen LogP contribution in [0.5, 0.6) is 5.75 Å². The van der Waals surface area contributed by atoms with Crippen LogP contribution < -0.4 is 4.74 Å². The summed E-state index contributed by atoms with van der Waals surface area (Å²) in [5.74, 6) is 0.0433. The van der Waals surface area contributed by atoms with Crippen LogP contribution in [0, 0.1) is 5.95 Å². The summed E-state index contributed by atoms with van der Waals surface area (Å²) < 4.78 is 20.3. The molecule has 0 amide bonds. The van der Waals surface area contributed by atoms with Gasteiger partial charge < -0.3 is 4.74 Å². The molecule has 26 heavy (non-hydrogen) atoms. The van der Waals surface area contributed by atoms with Gasteiger partial charge >= 0.3 is 0 Å². The largest absolute Gasteiger partial charge is 0.484 e. The average molecular weight is 347 g/mol. The summed E-state index contributed by atoms with van der Waals surface area (Å²) >= 11 is 0. The number of ketones is 1. The number of Topliss-reactive ketones (excluding diaryl/α,β-unsaturated/α-hetero) is 1. The maximum Gasteiger partial charge on any atom is 0.220 e. The molecule has 0 radical (unpaired) electrons. The smallest absolute Gasteiger partial charge is 0.220 e. The van der Waals surface area contributed by atoms with Crippen LogP contribution in [-0.2, 0) is 6.42 Å². The number of nitrogens with zero attached hydrogens (tertiary/aromatic N) is 1. The molecule has 3 aromatic rings. The number of aryl methyl sites for hydroxylation is 1. The first kappa shape index (κ1) is 16.5. The first-order valence-electron chi connectivity index (χ1n) is 8.70. The van der Waals surface area contributed by atoms with E-state index in [1.165, 1.54) is 6.20 Å². The predicted octanol–water partition coefficient (Wildman–Crippen LogP) is 5.16. The van der Waals surface area contributed by atoms with E-state index in [4.69, 9.17) is 4.74 Å². The molecular weight excluding hydrogens is 329 g/mol. The lowest BCUT2D eigenvalue weighted by Crippen LogP contribution is -2.20. The predicted molar refractivity (Wildman–Crippen MR) is 97.8 cm³/mol. The van der Waals surface area contributed by atoms with Gasteiger partial charge in [-0.25, -0.2) is 4.98 Å². The molecule has 130 valence electrons. The summed E-state index contributed by atoms with van der Waals surface area (Å²) in [6.45, 7) is 2.00. The van der Waals surface area contributed by atoms with Crippen LogP contribution in [0.3, 0.4) is 0 Å². The van der Waals surface area contributed by atoms with E-state index < -0.39 is 5.95 Å². The van der Waals surface area contributed by atoms with E-state index in [0.717, 1.165) is 11.1 Å². The summed E-state index contributed by atoms with van der Waals surface area (Å²) in [4.78, 5) is 16.5. The van der Waals surface area contributed by atoms with Crippen LogP contribution in [0.25, 0.3) is 11.1 Å². The molecule has 0 spiro atoms. The van der Waals surface area contributed by atoms with E-state index in [2.05, 4.69) is 4.98 Å². The molecule has 1 aliphatic rings. The number of rotatable bonds is 3. The summed E-state index contributed by atoms with van der Waals surface area (Å²) in [5, 5.41) is 0. The van der Waals surface area contributed by atoms with Crippen LogP contribution in [0.15, 0.2) is 60.8 Å². The van der Waals surface area contributed by atoms with Crippen molar-refractivity contribution in [2.24, 2.45) is 0 Å². The third kappa shape index (κ3) is 2.88. The zero-order valence-electron chi connectivity index (χ0n) is 14.4. The monoisotopic (exact) mass is 347 g/mol. The van der Waals surface area contributed by atoms with Crippen LogP contribution in [0.1, 0.15) is 40.9 Å². The van der Waals surface area contributed by atoms with Crippen LogP contribution in [-0.4, -0.2) is 10.8 Å². The minimum absolute atomic E-state index is 0.00769. The number of pyridine rings is 1. The number of hydrogen-bond donors (Lipinski definition) is 0. The van der Waals surface area contributed by atoms with Crippen molar-refractivity contribution in [1.29, 1.82) is 0 Å². The molecule has 2 aromatic carbocycles. The molecule has 0 bridgehead atoms. The second-order valence-corrected chi connectivity index (χ2v) is 6.35. The van der Waals surface area contributed by atoms with Gasteiger partial charge in [0.05, 0.1) is 12.0 Å². The Morgan fingerprint density at radius 1 is 1.08 bits per heavy atom. The van der Waals surface area contributed by atoms with Gasteiger partial charge in [0.2, 0.25) is 5.95 Å². The minimum atomic E-state index is -0.534. The van der Waals surface area contributed by atoms with Gasteiger partial charge in [-0.1, -0.05) is 37.3 Å². The van der Waals surface area contributed by atoms with Crippen molar-refractivity contribution in [2.45, 2.75) is 25.9 Å². The summed E-state index contributed by atoms with van der Waals surface area (Å²) in [7, 11) is 0. The van der Waals surface area contributed by atoms with Crippen molar-refractivity contribution in [3.05, 3.63) is 83.4 Å². The summed E-state index contributed by atoms with van der Waals surface area (Å²) in [6, 6.07) is 16.7. The third-order valence-electron chi connectivity index (χ3n) is 4.75. The van der Waals surface area contributed by atoms with Gasteiger partial charge in [-0.15, -0.1) is 0 Å². The Morgan fingerprint density at radius 3 is 2.62 bits per heavy atom. The molecule has 1 unspecified atom stereocenters. The molecular formula is C22H18FNO2. The Balaban J connectivity index is 1.79. The zero-order chi connectivity index (χ0) is 18.1. The Labute approximate surface area is 151 Å². The Bertz CT molecular complexity index is 969. The molecule has 0 saturated heterocycles. The number of aromatic nitrogens is 1. The van der Waals surface area contributed by atoms with Crippen LogP contribution in [0.4, 0.5) is 4.39 Å². The normalized spacial score (nSPS) is 16.1. The molecule has 0 saturated carbocycles. The third-order valence-corrected chi connectivity index (χ3v) is 4.75. The molecule has 0 aliphatic carbocycles. The van der Waals surface area contributed by atoms with Crippen molar-refractivity contribution >= 4 is 5.78 Å². The molecule has 0 N–H and O–H groups in total. The topological polar surface area (TPSA) is 39.2 Å². The number of hydrogen-bond acceptors (Lipinski definition) is 3. The second-order valence-electron chi connectivity index (χ2n) is 6.35. The summed E-state index contributed by atoms with van der Waals surface area (Å²) in [6.07, 6.45) is 2.10. The Morgan fingerprint density at radius 2 is 1.88 bits per heavy atom. The van der Waals surface area contributed by atoms with E-state index in [1.54, 1.807) is 18.2 Å². The average Bonchev–Trinajstić information content (AvgIpc) is 2.68. The summed E-state index contributed by atoms with van der Waals surface area (Å²) in [5.41, 5.74) is 3.52. The van der Waals surface area contributed by atoms with Crippen LogP contribution in [0.2, 0.25) is 0 Å². The molecule has 4 rings (SSSR count). The van der Waals surface area contributed by atoms with E-state index in [0.29, 0.717) is 28.9 Å². The maximum atomic E-state index is 14.2. The van der Waals surface area contributed by atoms with Gasteiger partial charge in [0.1, 0.15) is 11.9 Å². The highest BCUT2D eigenvalue weighted by molar-refractivity contribution is 6.01. The fourth-order valence-electron chi connectivity index (χ4n) is 3.39. The van der Waals surface area contributed by atoms with E-state index >= 15 is 0 Å². The van der Waals surface area contributed by atoms with Crippen molar-refractivity contribution in [3.8, 4) is 16.9 Å². The molecule has 3 nitrogen and oxygen atoms in total. The highest BCUT2D eigenvalue weighted by Crippen LogP contribution is 2.39. The molecule has 1 aliphatic heterocycles. The van der Waals surface area contributed by atoms with Crippen LogP contribution >= 0.6 is 0 Å². The highest BCUT2D eigenvalue weighted by atomic mass is 19.1. The zero-order valence-corrected chi connectivity index (χ0v) is 14.4. The lowest BCUT2D eigenvalue weighted by molar-refractivity contribution is 0.0850. The van der Waals surface area contributed by atoms with Crippen molar-refractivity contribution in [1.82, 2.24) is 4.98 Å². The number of halogens is 1. The quantitative estimate of drug-likeness (QED) is 0.615. The van der Waals surface area contributed by atoms with E-state index in [1.807, 2.05) is 43.3 Å². The minimum Gasteiger partial charge on any atom is -0.484 e. The fourth-order valence-corrected chi connectivity index (χ4v) is 3.39. The number of carbonyl (C=O) groups is 1. The lowest BCUT2D eigenvalue weighted by atomic mass is 9.90. The van der Waals surface area contributed by atoms with Crippen molar-refractivity contribution in [3.63, 3.8) is 0 Å².